The molecule has 1 fully saturated rings. The third kappa shape index (κ3) is 4.04. The summed E-state index contributed by atoms with van der Waals surface area (Å²) in [4.78, 5) is 12.4. The van der Waals surface area contributed by atoms with E-state index < -0.39 is 0 Å². The van der Waals surface area contributed by atoms with Crippen LogP contribution < -0.4 is 10.6 Å². The molecule has 1 amide bonds. The Balaban J connectivity index is 1.64. The van der Waals surface area contributed by atoms with E-state index in [4.69, 9.17) is 0 Å². The quantitative estimate of drug-likeness (QED) is 0.811. The first-order valence-corrected chi connectivity index (χ1v) is 9.16. The average Bonchev–Trinajstić information content (AvgIpc) is 2.98. The van der Waals surface area contributed by atoms with Gasteiger partial charge in [-0.3, -0.25) is 4.79 Å². The molecular weight excluding hydrogens is 308 g/mol. The van der Waals surface area contributed by atoms with Gasteiger partial charge in [0, 0.05) is 24.8 Å². The summed E-state index contributed by atoms with van der Waals surface area (Å²) in [5.41, 5.74) is 4.41. The summed E-state index contributed by atoms with van der Waals surface area (Å²) in [7, 11) is 1.91. The Morgan fingerprint density at radius 1 is 1.12 bits per heavy atom. The van der Waals surface area contributed by atoms with Crippen molar-refractivity contribution in [3.8, 4) is 11.1 Å². The van der Waals surface area contributed by atoms with E-state index in [1.165, 1.54) is 19.3 Å². The first-order chi connectivity index (χ1) is 12.0. The largest absolute Gasteiger partial charge is 0.388 e. The molecule has 2 N–H and O–H groups in total. The molecule has 25 heavy (non-hydrogen) atoms. The third-order valence-electron chi connectivity index (χ3n) is 5.62. The van der Waals surface area contributed by atoms with Crippen LogP contribution in [0.3, 0.4) is 0 Å². The van der Waals surface area contributed by atoms with Crippen molar-refractivity contribution in [3.05, 3.63) is 54.1 Å². The number of carbonyl (C=O) groups is 1. The highest BCUT2D eigenvalue weighted by atomic mass is 16.1. The van der Waals surface area contributed by atoms with Crippen LogP contribution >= 0.6 is 0 Å². The predicted molar refractivity (Wildman–Crippen MR) is 105 cm³/mol. The molecule has 0 saturated heterocycles. The number of amides is 1. The van der Waals surface area contributed by atoms with Crippen LogP contribution in [-0.4, -0.2) is 19.5 Å². The van der Waals surface area contributed by atoms with Crippen LogP contribution in [0.5, 0.6) is 0 Å². The SMILES string of the molecule is CNc1cccc(-c2ccc(C(=O)NCC3CCCC3(C)C)cc2)c1. The lowest BCUT2D eigenvalue weighted by Gasteiger charge is -2.27. The van der Waals surface area contributed by atoms with E-state index in [2.05, 4.69) is 36.6 Å². The summed E-state index contributed by atoms with van der Waals surface area (Å²) < 4.78 is 0. The van der Waals surface area contributed by atoms with E-state index in [0.29, 0.717) is 11.3 Å². The standard InChI is InChI=1S/C22H28N2O/c1-22(2)13-5-7-19(22)15-24-21(25)17-11-9-16(10-12-17)18-6-4-8-20(14-18)23-3/h4,6,8-12,14,19,23H,5,7,13,15H2,1-3H3,(H,24,25). The molecule has 1 aliphatic carbocycles. The Morgan fingerprint density at radius 2 is 1.88 bits per heavy atom. The average molecular weight is 336 g/mol. The minimum absolute atomic E-state index is 0.0261. The fraction of sp³-hybridized carbons (Fsp3) is 0.409. The second kappa shape index (κ2) is 7.30. The van der Waals surface area contributed by atoms with Crippen molar-refractivity contribution in [1.29, 1.82) is 0 Å². The van der Waals surface area contributed by atoms with Crippen molar-refractivity contribution >= 4 is 11.6 Å². The molecule has 2 aromatic carbocycles. The lowest BCUT2D eigenvalue weighted by molar-refractivity contribution is 0.0937. The van der Waals surface area contributed by atoms with Gasteiger partial charge in [0.2, 0.25) is 0 Å². The molecule has 0 aliphatic heterocycles. The van der Waals surface area contributed by atoms with E-state index in [1.807, 2.05) is 43.4 Å². The molecule has 1 saturated carbocycles. The van der Waals surface area contributed by atoms with Crippen molar-refractivity contribution in [2.75, 3.05) is 18.9 Å². The van der Waals surface area contributed by atoms with Crippen molar-refractivity contribution in [2.24, 2.45) is 11.3 Å². The van der Waals surface area contributed by atoms with Gasteiger partial charge in [-0.1, -0.05) is 44.5 Å². The maximum atomic E-state index is 12.4. The molecule has 3 heteroatoms. The van der Waals surface area contributed by atoms with E-state index in [-0.39, 0.29) is 5.91 Å². The smallest absolute Gasteiger partial charge is 0.251 e. The fourth-order valence-corrected chi connectivity index (χ4v) is 3.76. The summed E-state index contributed by atoms with van der Waals surface area (Å²) in [5, 5.41) is 6.28. The normalized spacial score (nSPS) is 18.8. The summed E-state index contributed by atoms with van der Waals surface area (Å²) >= 11 is 0. The molecule has 1 atom stereocenters. The minimum Gasteiger partial charge on any atom is -0.388 e. The summed E-state index contributed by atoms with van der Waals surface area (Å²) in [6.07, 6.45) is 3.75. The first kappa shape index (κ1) is 17.5. The number of benzene rings is 2. The lowest BCUT2D eigenvalue weighted by Crippen LogP contribution is -2.33. The Hall–Kier alpha value is -2.29. The van der Waals surface area contributed by atoms with Crippen molar-refractivity contribution in [1.82, 2.24) is 5.32 Å². The highest BCUT2D eigenvalue weighted by Crippen LogP contribution is 2.42. The number of carbonyl (C=O) groups excluding carboxylic acids is 1. The summed E-state index contributed by atoms with van der Waals surface area (Å²) in [5.74, 6) is 0.609. The third-order valence-corrected chi connectivity index (χ3v) is 5.62. The Morgan fingerprint density at radius 3 is 2.52 bits per heavy atom. The predicted octanol–water partition coefficient (Wildman–Crippen LogP) is 4.95. The Bertz CT molecular complexity index is 734. The lowest BCUT2D eigenvalue weighted by atomic mass is 9.82. The molecule has 1 aliphatic rings. The van der Waals surface area contributed by atoms with Gasteiger partial charge in [0.15, 0.2) is 0 Å². The topological polar surface area (TPSA) is 41.1 Å². The fourth-order valence-electron chi connectivity index (χ4n) is 3.76. The van der Waals surface area contributed by atoms with Crippen LogP contribution in [0.4, 0.5) is 5.69 Å². The van der Waals surface area contributed by atoms with Crippen LogP contribution in [0, 0.1) is 11.3 Å². The first-order valence-electron chi connectivity index (χ1n) is 9.16. The van der Waals surface area contributed by atoms with Gasteiger partial charge in [-0.2, -0.15) is 0 Å². The second-order valence-corrected chi connectivity index (χ2v) is 7.70. The zero-order valence-corrected chi connectivity index (χ0v) is 15.4. The molecule has 0 aromatic heterocycles. The van der Waals surface area contributed by atoms with Crippen LogP contribution in [0.2, 0.25) is 0 Å². The number of nitrogens with one attached hydrogen (secondary N) is 2. The maximum Gasteiger partial charge on any atom is 0.251 e. The zero-order valence-electron chi connectivity index (χ0n) is 15.4. The maximum absolute atomic E-state index is 12.4. The van der Waals surface area contributed by atoms with Gasteiger partial charge in [0.1, 0.15) is 0 Å². The molecule has 2 aromatic rings. The van der Waals surface area contributed by atoms with Gasteiger partial charge >= 0.3 is 0 Å². The van der Waals surface area contributed by atoms with E-state index in [0.717, 1.165) is 28.9 Å². The summed E-state index contributed by atoms with van der Waals surface area (Å²) in [6.45, 7) is 5.40. The molecule has 0 spiro atoms. The van der Waals surface area contributed by atoms with Gasteiger partial charge in [-0.15, -0.1) is 0 Å². The molecule has 0 heterocycles. The molecule has 0 radical (unpaired) electrons. The van der Waals surface area contributed by atoms with Gasteiger partial charge in [-0.25, -0.2) is 0 Å². The Labute approximate surface area is 150 Å². The number of hydrogen-bond donors (Lipinski definition) is 2. The van der Waals surface area contributed by atoms with Crippen LogP contribution in [-0.2, 0) is 0 Å². The number of hydrogen-bond acceptors (Lipinski definition) is 2. The molecule has 3 nitrogen and oxygen atoms in total. The van der Waals surface area contributed by atoms with E-state index in [9.17, 15) is 4.79 Å². The van der Waals surface area contributed by atoms with Gasteiger partial charge in [0.25, 0.3) is 5.91 Å². The van der Waals surface area contributed by atoms with Gasteiger partial charge < -0.3 is 10.6 Å². The van der Waals surface area contributed by atoms with Crippen molar-refractivity contribution in [3.63, 3.8) is 0 Å². The van der Waals surface area contributed by atoms with Crippen molar-refractivity contribution in [2.45, 2.75) is 33.1 Å². The monoisotopic (exact) mass is 336 g/mol. The van der Waals surface area contributed by atoms with Crippen molar-refractivity contribution < 1.29 is 4.79 Å². The number of rotatable bonds is 5. The van der Waals surface area contributed by atoms with Gasteiger partial charge in [-0.05, 0) is 59.6 Å². The molecule has 132 valence electrons. The van der Waals surface area contributed by atoms with Crippen LogP contribution in [0.25, 0.3) is 11.1 Å². The minimum atomic E-state index is 0.0261. The second-order valence-electron chi connectivity index (χ2n) is 7.70. The van der Waals surface area contributed by atoms with E-state index in [1.54, 1.807) is 0 Å². The van der Waals surface area contributed by atoms with Gasteiger partial charge in [0.05, 0.1) is 0 Å². The van der Waals surface area contributed by atoms with Crippen LogP contribution in [0.15, 0.2) is 48.5 Å². The molecule has 1 unspecified atom stereocenters. The Kier molecular flexibility index (Phi) is 5.12. The van der Waals surface area contributed by atoms with E-state index >= 15 is 0 Å². The molecular formula is C22H28N2O. The zero-order chi connectivity index (χ0) is 17.9. The highest BCUT2D eigenvalue weighted by Gasteiger charge is 2.34. The molecule has 3 rings (SSSR count). The summed E-state index contributed by atoms with van der Waals surface area (Å²) in [6, 6.07) is 16.1. The highest BCUT2D eigenvalue weighted by molar-refractivity contribution is 5.94. The number of anilines is 1. The van der Waals surface area contributed by atoms with Crippen LogP contribution in [0.1, 0.15) is 43.5 Å². The molecule has 0 bridgehead atoms.